The van der Waals surface area contributed by atoms with Gasteiger partial charge in [-0.05, 0) is 48.6 Å². The number of fused-ring (bicyclic) bond motifs is 1. The zero-order valence-corrected chi connectivity index (χ0v) is 14.1. The van der Waals surface area contributed by atoms with Crippen LogP contribution >= 0.6 is 0 Å². The van der Waals surface area contributed by atoms with E-state index in [-0.39, 0.29) is 19.0 Å². The lowest BCUT2D eigenvalue weighted by molar-refractivity contribution is -0.140. The van der Waals surface area contributed by atoms with E-state index in [1.165, 1.54) is 7.11 Å². The second-order valence-corrected chi connectivity index (χ2v) is 5.47. The van der Waals surface area contributed by atoms with Gasteiger partial charge in [0.1, 0.15) is 5.75 Å². The summed E-state index contributed by atoms with van der Waals surface area (Å²) in [5.74, 6) is -0.765. The van der Waals surface area contributed by atoms with E-state index in [2.05, 4.69) is 6.58 Å². The number of methoxy groups -OCH3 is 1. The standard InChI is InChI=1S/C19H20O6/c1-3-17(20)24-10-4-5-18(21)25-16-9-8-13-11-15(19(22)23-2)7-6-14(13)12-16/h3,8-9,11-12H,1,4-7,10H2,2H3. The van der Waals surface area contributed by atoms with Gasteiger partial charge in [0.25, 0.3) is 0 Å². The van der Waals surface area contributed by atoms with Crippen molar-refractivity contribution in [2.45, 2.75) is 25.7 Å². The minimum absolute atomic E-state index is 0.144. The zero-order chi connectivity index (χ0) is 18.2. The number of hydrogen-bond acceptors (Lipinski definition) is 6. The van der Waals surface area contributed by atoms with Gasteiger partial charge < -0.3 is 14.2 Å². The van der Waals surface area contributed by atoms with Crippen LogP contribution in [0.25, 0.3) is 6.08 Å². The summed E-state index contributed by atoms with van der Waals surface area (Å²) < 4.78 is 14.8. The van der Waals surface area contributed by atoms with Gasteiger partial charge in [0.2, 0.25) is 0 Å². The Kier molecular flexibility index (Phi) is 6.51. The summed E-state index contributed by atoms with van der Waals surface area (Å²) in [6.07, 6.45) is 4.67. The molecule has 1 aliphatic rings. The highest BCUT2D eigenvalue weighted by molar-refractivity contribution is 5.94. The second-order valence-electron chi connectivity index (χ2n) is 5.47. The van der Waals surface area contributed by atoms with Gasteiger partial charge in [0.15, 0.2) is 0 Å². The highest BCUT2D eigenvalue weighted by atomic mass is 16.5. The van der Waals surface area contributed by atoms with Crippen molar-refractivity contribution in [1.82, 2.24) is 0 Å². The molecular formula is C19H20O6. The third-order valence-corrected chi connectivity index (χ3v) is 3.72. The minimum atomic E-state index is -0.512. The molecule has 0 spiro atoms. The summed E-state index contributed by atoms with van der Waals surface area (Å²) in [4.78, 5) is 34.3. The first-order valence-corrected chi connectivity index (χ1v) is 7.95. The number of carbonyl (C=O) groups excluding carboxylic acids is 3. The van der Waals surface area contributed by atoms with Crippen LogP contribution in [-0.2, 0) is 30.3 Å². The van der Waals surface area contributed by atoms with Crippen LogP contribution in [0, 0.1) is 0 Å². The molecule has 1 aromatic rings. The fourth-order valence-corrected chi connectivity index (χ4v) is 2.45. The molecule has 132 valence electrons. The lowest BCUT2D eigenvalue weighted by Crippen LogP contribution is -2.12. The van der Waals surface area contributed by atoms with Crippen molar-refractivity contribution in [2.24, 2.45) is 0 Å². The van der Waals surface area contributed by atoms with Gasteiger partial charge in [0, 0.05) is 18.1 Å². The van der Waals surface area contributed by atoms with Crippen molar-refractivity contribution in [3.8, 4) is 5.75 Å². The van der Waals surface area contributed by atoms with Crippen molar-refractivity contribution in [1.29, 1.82) is 0 Å². The molecule has 0 radical (unpaired) electrons. The molecule has 0 fully saturated rings. The van der Waals surface area contributed by atoms with E-state index in [1.54, 1.807) is 18.2 Å². The van der Waals surface area contributed by atoms with Crippen LogP contribution in [0.4, 0.5) is 0 Å². The predicted octanol–water partition coefficient (Wildman–Crippen LogP) is 2.60. The van der Waals surface area contributed by atoms with E-state index in [9.17, 15) is 14.4 Å². The molecule has 1 aliphatic carbocycles. The second kappa shape index (κ2) is 8.82. The van der Waals surface area contributed by atoms with Crippen molar-refractivity contribution < 1.29 is 28.6 Å². The highest BCUT2D eigenvalue weighted by Gasteiger charge is 2.17. The summed E-state index contributed by atoms with van der Waals surface area (Å²) in [6, 6.07) is 5.30. The number of hydrogen-bond donors (Lipinski definition) is 0. The summed E-state index contributed by atoms with van der Waals surface area (Å²) >= 11 is 0. The zero-order valence-electron chi connectivity index (χ0n) is 14.1. The van der Waals surface area contributed by atoms with Gasteiger partial charge in [-0.3, -0.25) is 4.79 Å². The fraction of sp³-hybridized carbons (Fsp3) is 0.316. The number of esters is 3. The van der Waals surface area contributed by atoms with Crippen molar-refractivity contribution >= 4 is 24.0 Å². The minimum Gasteiger partial charge on any atom is -0.466 e. The molecule has 6 nitrogen and oxygen atoms in total. The predicted molar refractivity (Wildman–Crippen MR) is 90.8 cm³/mol. The molecule has 6 heteroatoms. The largest absolute Gasteiger partial charge is 0.466 e. The average Bonchev–Trinajstić information content (AvgIpc) is 2.63. The maximum Gasteiger partial charge on any atom is 0.333 e. The number of benzene rings is 1. The topological polar surface area (TPSA) is 78.9 Å². The van der Waals surface area contributed by atoms with Gasteiger partial charge in [-0.2, -0.15) is 0 Å². The Labute approximate surface area is 146 Å². The van der Waals surface area contributed by atoms with Crippen LogP contribution in [0.1, 0.15) is 30.4 Å². The summed E-state index contributed by atoms with van der Waals surface area (Å²) in [5.41, 5.74) is 2.56. The maximum atomic E-state index is 11.8. The van der Waals surface area contributed by atoms with Gasteiger partial charge in [-0.25, -0.2) is 9.59 Å². The van der Waals surface area contributed by atoms with Gasteiger partial charge >= 0.3 is 17.9 Å². The van der Waals surface area contributed by atoms with Crippen LogP contribution in [0.5, 0.6) is 5.75 Å². The Hall–Kier alpha value is -2.89. The Balaban J connectivity index is 1.89. The van der Waals surface area contributed by atoms with Crippen molar-refractivity contribution in [3.05, 3.63) is 47.6 Å². The molecule has 25 heavy (non-hydrogen) atoms. The first-order valence-electron chi connectivity index (χ1n) is 7.95. The molecule has 0 amide bonds. The van der Waals surface area contributed by atoms with Crippen molar-refractivity contribution in [3.63, 3.8) is 0 Å². The molecule has 0 bridgehead atoms. The van der Waals surface area contributed by atoms with Crippen LogP contribution in [0.15, 0.2) is 36.4 Å². The first-order chi connectivity index (χ1) is 12.0. The average molecular weight is 344 g/mol. The third kappa shape index (κ3) is 5.31. The Morgan fingerprint density at radius 1 is 1.24 bits per heavy atom. The maximum absolute atomic E-state index is 11.8. The smallest absolute Gasteiger partial charge is 0.333 e. The van der Waals surface area contributed by atoms with Gasteiger partial charge in [-0.1, -0.05) is 12.6 Å². The Morgan fingerprint density at radius 2 is 2.04 bits per heavy atom. The first kappa shape index (κ1) is 18.4. The summed E-state index contributed by atoms with van der Waals surface area (Å²) in [7, 11) is 1.36. The van der Waals surface area contributed by atoms with Crippen LogP contribution in [-0.4, -0.2) is 31.6 Å². The molecule has 1 aromatic carbocycles. The Morgan fingerprint density at radius 3 is 2.76 bits per heavy atom. The number of aryl methyl sites for hydroxylation is 1. The fourth-order valence-electron chi connectivity index (χ4n) is 2.45. The van der Waals surface area contributed by atoms with E-state index in [4.69, 9.17) is 14.2 Å². The molecule has 0 heterocycles. The third-order valence-electron chi connectivity index (χ3n) is 3.72. The monoisotopic (exact) mass is 344 g/mol. The quantitative estimate of drug-likeness (QED) is 0.327. The molecule has 0 unspecified atom stereocenters. The molecule has 2 rings (SSSR count). The molecule has 0 saturated carbocycles. The lowest BCUT2D eigenvalue weighted by atomic mass is 9.92. The number of carbonyl (C=O) groups is 3. The summed E-state index contributed by atoms with van der Waals surface area (Å²) in [5, 5.41) is 0. The molecule has 0 aromatic heterocycles. The van der Waals surface area contributed by atoms with E-state index < -0.39 is 11.9 Å². The molecular weight excluding hydrogens is 324 g/mol. The molecule has 0 aliphatic heterocycles. The van der Waals surface area contributed by atoms with E-state index >= 15 is 0 Å². The highest BCUT2D eigenvalue weighted by Crippen LogP contribution is 2.28. The van der Waals surface area contributed by atoms with Gasteiger partial charge in [-0.15, -0.1) is 0 Å². The van der Waals surface area contributed by atoms with Gasteiger partial charge in [0.05, 0.1) is 13.7 Å². The van der Waals surface area contributed by atoms with Crippen LogP contribution in [0.3, 0.4) is 0 Å². The molecule has 0 saturated heterocycles. The van der Waals surface area contributed by atoms with Crippen LogP contribution < -0.4 is 4.74 Å². The van der Waals surface area contributed by atoms with Crippen molar-refractivity contribution in [2.75, 3.05) is 13.7 Å². The van der Waals surface area contributed by atoms with Crippen LogP contribution in [0.2, 0.25) is 0 Å². The lowest BCUT2D eigenvalue weighted by Gasteiger charge is -2.16. The number of rotatable bonds is 7. The number of ether oxygens (including phenoxy) is 3. The molecule has 0 N–H and O–H groups in total. The van der Waals surface area contributed by atoms with E-state index in [1.807, 2.05) is 6.07 Å². The SMILES string of the molecule is C=CC(=O)OCCCC(=O)Oc1ccc2c(c1)CCC(C(=O)OC)=C2. The molecule has 0 atom stereocenters. The van der Waals surface area contributed by atoms with E-state index in [0.29, 0.717) is 30.6 Å². The normalized spacial score (nSPS) is 12.4. The Bertz CT molecular complexity index is 717. The summed E-state index contributed by atoms with van der Waals surface area (Å²) in [6.45, 7) is 3.43. The van der Waals surface area contributed by atoms with E-state index in [0.717, 1.165) is 17.2 Å².